The Kier molecular flexibility index (Phi) is 5.03. The molecule has 2 aromatic rings. The zero-order valence-electron chi connectivity index (χ0n) is 12.9. The Morgan fingerprint density at radius 1 is 0.909 bits per heavy atom. The van der Waals surface area contributed by atoms with Gasteiger partial charge in [-0.1, -0.05) is 91.9 Å². The fourth-order valence-corrected chi connectivity index (χ4v) is 5.30. The molecule has 0 unspecified atom stereocenters. The summed E-state index contributed by atoms with van der Waals surface area (Å²) < 4.78 is 0. The van der Waals surface area contributed by atoms with E-state index in [0.29, 0.717) is 0 Å². The molecule has 22 heavy (non-hydrogen) atoms. The smallest absolute Gasteiger partial charge is 0.00909 e. The Balaban J connectivity index is 2.12. The van der Waals surface area contributed by atoms with Gasteiger partial charge in [0.1, 0.15) is 0 Å². The topological polar surface area (TPSA) is 0 Å². The largest absolute Gasteiger partial charge is 0.0806 e. The van der Waals surface area contributed by atoms with Crippen LogP contribution in [-0.2, 0) is 0 Å². The molecule has 0 amide bonds. The molecule has 0 heterocycles. The molecule has 0 bridgehead atoms. The normalized spacial score (nSPS) is 16.1. The van der Waals surface area contributed by atoms with Crippen LogP contribution in [0.25, 0.3) is 0 Å². The van der Waals surface area contributed by atoms with Crippen LogP contribution < -0.4 is 10.6 Å². The molecule has 0 saturated heterocycles. The molecule has 1 aliphatic carbocycles. The van der Waals surface area contributed by atoms with Crippen molar-refractivity contribution < 1.29 is 0 Å². The summed E-state index contributed by atoms with van der Waals surface area (Å²) in [6.45, 7) is 2.22. The molecule has 0 saturated carbocycles. The lowest BCUT2D eigenvalue weighted by atomic mass is 10.1. The Morgan fingerprint density at radius 2 is 1.50 bits per heavy atom. The van der Waals surface area contributed by atoms with Gasteiger partial charge in [0.2, 0.25) is 0 Å². The first kappa shape index (κ1) is 15.0. The van der Waals surface area contributed by atoms with E-state index < -0.39 is 7.92 Å². The summed E-state index contributed by atoms with van der Waals surface area (Å²) in [6, 6.07) is 21.9. The third-order valence-corrected chi connectivity index (χ3v) is 6.32. The quantitative estimate of drug-likeness (QED) is 0.672. The Morgan fingerprint density at radius 3 is 2.05 bits per heavy atom. The molecule has 0 fully saturated rings. The van der Waals surface area contributed by atoms with Crippen LogP contribution in [0.1, 0.15) is 19.8 Å². The number of hydrogen-bond donors (Lipinski definition) is 0. The molecule has 0 atom stereocenters. The van der Waals surface area contributed by atoms with Gasteiger partial charge < -0.3 is 0 Å². The van der Waals surface area contributed by atoms with Gasteiger partial charge in [-0.25, -0.2) is 0 Å². The average Bonchev–Trinajstić information content (AvgIpc) is 2.59. The third kappa shape index (κ3) is 3.29. The number of rotatable bonds is 4. The summed E-state index contributed by atoms with van der Waals surface area (Å²) in [6.07, 6.45) is 11.3. The standard InChI is InChI=1S/C21H21P/c1-2-11-18-12-9-10-17-21(18)22(19-13-5-3-6-14-19)20-15-7-4-8-16-20/h3-11,13-17H,2,12H2,1H3. The summed E-state index contributed by atoms with van der Waals surface area (Å²) in [5, 5.41) is 4.34. The van der Waals surface area contributed by atoms with Crippen LogP contribution in [0.4, 0.5) is 0 Å². The van der Waals surface area contributed by atoms with Crippen molar-refractivity contribution in [1.82, 2.24) is 0 Å². The lowest BCUT2D eigenvalue weighted by Crippen LogP contribution is -2.14. The molecular formula is C21H21P. The van der Waals surface area contributed by atoms with Gasteiger partial charge in [-0.05, 0) is 42.3 Å². The van der Waals surface area contributed by atoms with E-state index in [1.54, 1.807) is 0 Å². The first-order valence-corrected chi connectivity index (χ1v) is 9.21. The minimum Gasteiger partial charge on any atom is -0.0806 e. The van der Waals surface area contributed by atoms with E-state index in [2.05, 4.69) is 91.9 Å². The highest BCUT2D eigenvalue weighted by atomic mass is 31.1. The second-order valence-electron chi connectivity index (χ2n) is 5.33. The zero-order chi connectivity index (χ0) is 15.2. The summed E-state index contributed by atoms with van der Waals surface area (Å²) in [4.78, 5) is 0. The van der Waals surface area contributed by atoms with Crippen LogP contribution in [0.5, 0.6) is 0 Å². The Labute approximate surface area is 134 Å². The van der Waals surface area contributed by atoms with Crippen molar-refractivity contribution in [1.29, 1.82) is 0 Å². The second-order valence-corrected chi connectivity index (χ2v) is 7.51. The van der Waals surface area contributed by atoms with Crippen molar-refractivity contribution in [2.24, 2.45) is 0 Å². The van der Waals surface area contributed by atoms with Crippen molar-refractivity contribution in [2.45, 2.75) is 19.8 Å². The van der Waals surface area contributed by atoms with Crippen LogP contribution in [0.3, 0.4) is 0 Å². The predicted octanol–water partition coefficient (Wildman–Crippen LogP) is 5.30. The highest BCUT2D eigenvalue weighted by molar-refractivity contribution is 7.77. The molecular weight excluding hydrogens is 283 g/mol. The maximum Gasteiger partial charge on any atom is -0.00909 e. The molecule has 1 heteroatoms. The first-order chi connectivity index (χ1) is 10.9. The highest BCUT2D eigenvalue weighted by Gasteiger charge is 2.21. The van der Waals surface area contributed by atoms with Gasteiger partial charge in [-0.15, -0.1) is 0 Å². The maximum absolute atomic E-state index is 2.39. The van der Waals surface area contributed by atoms with Crippen molar-refractivity contribution in [2.75, 3.05) is 0 Å². The minimum atomic E-state index is -0.478. The second kappa shape index (κ2) is 7.38. The molecule has 0 spiro atoms. The summed E-state index contributed by atoms with van der Waals surface area (Å²) in [5.74, 6) is 0. The maximum atomic E-state index is 2.39. The van der Waals surface area contributed by atoms with Gasteiger partial charge >= 0.3 is 0 Å². The first-order valence-electron chi connectivity index (χ1n) is 7.86. The number of benzene rings is 2. The van der Waals surface area contributed by atoms with Crippen LogP contribution >= 0.6 is 7.92 Å². The van der Waals surface area contributed by atoms with Crippen LogP contribution in [0.2, 0.25) is 0 Å². The van der Waals surface area contributed by atoms with E-state index in [1.807, 2.05) is 0 Å². The molecule has 110 valence electrons. The van der Waals surface area contributed by atoms with E-state index in [-0.39, 0.29) is 0 Å². The molecule has 0 aliphatic heterocycles. The van der Waals surface area contributed by atoms with Gasteiger partial charge in [0.25, 0.3) is 0 Å². The number of allylic oxidation sites excluding steroid dienone is 6. The van der Waals surface area contributed by atoms with E-state index in [4.69, 9.17) is 0 Å². The zero-order valence-corrected chi connectivity index (χ0v) is 13.8. The summed E-state index contributed by atoms with van der Waals surface area (Å²) in [5.41, 5.74) is 1.49. The number of hydrogen-bond acceptors (Lipinski definition) is 0. The van der Waals surface area contributed by atoms with Crippen molar-refractivity contribution in [3.05, 3.63) is 95.9 Å². The van der Waals surface area contributed by atoms with Crippen LogP contribution in [0, 0.1) is 0 Å². The van der Waals surface area contributed by atoms with Crippen LogP contribution in [0.15, 0.2) is 95.9 Å². The minimum absolute atomic E-state index is 0.478. The lowest BCUT2D eigenvalue weighted by molar-refractivity contribution is 1.14. The third-order valence-electron chi connectivity index (χ3n) is 3.78. The Bertz CT molecular complexity index is 654. The molecule has 1 aliphatic rings. The average molecular weight is 304 g/mol. The van der Waals surface area contributed by atoms with E-state index in [1.165, 1.54) is 21.5 Å². The van der Waals surface area contributed by atoms with Crippen molar-refractivity contribution in [3.8, 4) is 0 Å². The molecule has 0 radical (unpaired) electrons. The van der Waals surface area contributed by atoms with Gasteiger partial charge in [-0.3, -0.25) is 0 Å². The van der Waals surface area contributed by atoms with Crippen molar-refractivity contribution >= 4 is 18.5 Å². The van der Waals surface area contributed by atoms with E-state index in [9.17, 15) is 0 Å². The lowest BCUT2D eigenvalue weighted by Gasteiger charge is -2.25. The van der Waals surface area contributed by atoms with Crippen molar-refractivity contribution in [3.63, 3.8) is 0 Å². The molecule has 0 nitrogen and oxygen atoms in total. The Hall–Kier alpha value is -1.91. The predicted molar refractivity (Wildman–Crippen MR) is 99.3 cm³/mol. The monoisotopic (exact) mass is 304 g/mol. The fourth-order valence-electron chi connectivity index (χ4n) is 2.80. The molecule has 2 aromatic carbocycles. The van der Waals surface area contributed by atoms with Gasteiger partial charge in [0.05, 0.1) is 0 Å². The van der Waals surface area contributed by atoms with Gasteiger partial charge in [0.15, 0.2) is 0 Å². The van der Waals surface area contributed by atoms with Gasteiger partial charge in [0, 0.05) is 0 Å². The molecule has 3 rings (SSSR count). The summed E-state index contributed by atoms with van der Waals surface area (Å²) in [7, 11) is -0.478. The molecule has 0 N–H and O–H groups in total. The van der Waals surface area contributed by atoms with E-state index >= 15 is 0 Å². The van der Waals surface area contributed by atoms with E-state index in [0.717, 1.165) is 12.8 Å². The van der Waals surface area contributed by atoms with Gasteiger partial charge in [-0.2, -0.15) is 0 Å². The van der Waals surface area contributed by atoms with Crippen LogP contribution in [-0.4, -0.2) is 0 Å². The highest BCUT2D eigenvalue weighted by Crippen LogP contribution is 2.48. The fraction of sp³-hybridized carbons (Fsp3) is 0.143. The SMILES string of the molecule is CCC=C1CC=CC=C1P(c1ccccc1)c1ccccc1. The summed E-state index contributed by atoms with van der Waals surface area (Å²) >= 11 is 0. The molecule has 0 aromatic heterocycles.